The van der Waals surface area contributed by atoms with Crippen molar-refractivity contribution in [3.8, 4) is 5.88 Å². The standard InChI is InChI=1S/C23H22N4O2/c1-3-7-21-19(5-1)17(9-10-24-21)13-27-11-12-28-18(14-27)15-29-23-20-6-2-4-8-22(20)25-16-26-23/h1-10,16,18H,11-15H2. The normalized spacial score (nSPS) is 17.6. The summed E-state index contributed by atoms with van der Waals surface area (Å²) in [6.45, 7) is 3.76. The van der Waals surface area contributed by atoms with Gasteiger partial charge < -0.3 is 9.47 Å². The van der Waals surface area contributed by atoms with Crippen LogP contribution in [-0.2, 0) is 11.3 Å². The third kappa shape index (κ3) is 3.90. The molecule has 0 N–H and O–H groups in total. The van der Waals surface area contributed by atoms with Gasteiger partial charge in [-0.1, -0.05) is 30.3 Å². The third-order valence-electron chi connectivity index (χ3n) is 5.27. The molecule has 1 atom stereocenters. The SMILES string of the molecule is c1ccc2c(CN3CCOC(COc4ncnc5ccccc45)C3)ccnc2c1. The summed E-state index contributed by atoms with van der Waals surface area (Å²) in [7, 11) is 0. The average molecular weight is 386 g/mol. The molecule has 0 radical (unpaired) electrons. The zero-order valence-electron chi connectivity index (χ0n) is 16.1. The summed E-state index contributed by atoms with van der Waals surface area (Å²) in [5.41, 5.74) is 3.21. The van der Waals surface area contributed by atoms with E-state index in [0.717, 1.165) is 36.1 Å². The number of pyridine rings is 1. The van der Waals surface area contributed by atoms with Crippen molar-refractivity contribution in [2.75, 3.05) is 26.3 Å². The molecule has 0 saturated carbocycles. The maximum absolute atomic E-state index is 6.01. The van der Waals surface area contributed by atoms with Gasteiger partial charge in [0, 0.05) is 31.2 Å². The summed E-state index contributed by atoms with van der Waals surface area (Å²) in [5.74, 6) is 0.608. The Balaban J connectivity index is 1.26. The highest BCUT2D eigenvalue weighted by Gasteiger charge is 2.22. The zero-order chi connectivity index (χ0) is 19.5. The predicted molar refractivity (Wildman–Crippen MR) is 112 cm³/mol. The van der Waals surface area contributed by atoms with Crippen molar-refractivity contribution < 1.29 is 9.47 Å². The summed E-state index contributed by atoms with van der Waals surface area (Å²) in [4.78, 5) is 15.5. The lowest BCUT2D eigenvalue weighted by atomic mass is 10.1. The number of hydrogen-bond acceptors (Lipinski definition) is 6. The van der Waals surface area contributed by atoms with Gasteiger partial charge in [-0.2, -0.15) is 0 Å². The van der Waals surface area contributed by atoms with Crippen molar-refractivity contribution >= 4 is 21.8 Å². The summed E-state index contributed by atoms with van der Waals surface area (Å²) in [5, 5.41) is 2.13. The lowest BCUT2D eigenvalue weighted by Gasteiger charge is -2.33. The van der Waals surface area contributed by atoms with Crippen LogP contribution in [0.15, 0.2) is 67.1 Å². The monoisotopic (exact) mass is 386 g/mol. The summed E-state index contributed by atoms with van der Waals surface area (Å²) in [6.07, 6.45) is 3.43. The maximum atomic E-state index is 6.01. The van der Waals surface area contributed by atoms with E-state index in [9.17, 15) is 0 Å². The molecule has 6 heteroatoms. The Kier molecular flexibility index (Phi) is 5.02. The highest BCUT2D eigenvalue weighted by atomic mass is 16.5. The smallest absolute Gasteiger partial charge is 0.224 e. The first kappa shape index (κ1) is 18.0. The summed E-state index contributed by atoms with van der Waals surface area (Å²) < 4.78 is 12.0. The zero-order valence-corrected chi connectivity index (χ0v) is 16.1. The number of rotatable bonds is 5. The van der Waals surface area contributed by atoms with Gasteiger partial charge in [0.15, 0.2) is 0 Å². The van der Waals surface area contributed by atoms with E-state index < -0.39 is 0 Å². The van der Waals surface area contributed by atoms with Crippen molar-refractivity contribution in [1.29, 1.82) is 0 Å². The van der Waals surface area contributed by atoms with E-state index in [2.05, 4.69) is 44.1 Å². The first-order valence-corrected chi connectivity index (χ1v) is 9.86. The number of ether oxygens (including phenoxy) is 2. The Hall–Kier alpha value is -3.09. The predicted octanol–water partition coefficient (Wildman–Crippen LogP) is 3.46. The summed E-state index contributed by atoms with van der Waals surface area (Å²) in [6, 6.07) is 18.3. The molecule has 0 spiro atoms. The highest BCUT2D eigenvalue weighted by molar-refractivity contribution is 5.83. The van der Waals surface area contributed by atoms with Crippen LogP contribution < -0.4 is 4.74 Å². The van der Waals surface area contributed by atoms with Crippen molar-refractivity contribution in [2.45, 2.75) is 12.6 Å². The van der Waals surface area contributed by atoms with E-state index in [-0.39, 0.29) is 6.10 Å². The van der Waals surface area contributed by atoms with Gasteiger partial charge in [0.2, 0.25) is 5.88 Å². The average Bonchev–Trinajstić information content (AvgIpc) is 2.78. The van der Waals surface area contributed by atoms with Crippen LogP contribution in [0, 0.1) is 0 Å². The van der Waals surface area contributed by atoms with E-state index >= 15 is 0 Å². The number of aromatic nitrogens is 3. The fraction of sp³-hybridized carbons (Fsp3) is 0.261. The summed E-state index contributed by atoms with van der Waals surface area (Å²) >= 11 is 0. The molecule has 29 heavy (non-hydrogen) atoms. The molecule has 1 aliphatic rings. The van der Waals surface area contributed by atoms with E-state index in [4.69, 9.17) is 9.47 Å². The minimum atomic E-state index is 0.00517. The molecular weight excluding hydrogens is 364 g/mol. The molecule has 3 heterocycles. The van der Waals surface area contributed by atoms with Gasteiger partial charge in [-0.3, -0.25) is 9.88 Å². The van der Waals surface area contributed by atoms with Crippen LogP contribution in [0.2, 0.25) is 0 Å². The molecule has 2 aromatic carbocycles. The Bertz CT molecular complexity index is 1120. The van der Waals surface area contributed by atoms with E-state index in [0.29, 0.717) is 19.1 Å². The molecule has 0 bridgehead atoms. The van der Waals surface area contributed by atoms with Gasteiger partial charge in [-0.25, -0.2) is 9.97 Å². The molecule has 2 aromatic heterocycles. The highest BCUT2D eigenvalue weighted by Crippen LogP contribution is 2.22. The van der Waals surface area contributed by atoms with Crippen LogP contribution in [0.1, 0.15) is 5.56 Å². The Labute approximate surface area is 169 Å². The largest absolute Gasteiger partial charge is 0.474 e. The van der Waals surface area contributed by atoms with Crippen molar-refractivity contribution in [3.63, 3.8) is 0 Å². The molecule has 0 amide bonds. The minimum Gasteiger partial charge on any atom is -0.474 e. The lowest BCUT2D eigenvalue weighted by molar-refractivity contribution is -0.0507. The number of nitrogens with zero attached hydrogens (tertiary/aromatic N) is 4. The molecule has 0 aliphatic carbocycles. The molecule has 5 rings (SSSR count). The third-order valence-corrected chi connectivity index (χ3v) is 5.27. The van der Waals surface area contributed by atoms with Gasteiger partial charge >= 0.3 is 0 Å². The fourth-order valence-corrected chi connectivity index (χ4v) is 3.83. The Morgan fingerprint density at radius 1 is 0.931 bits per heavy atom. The van der Waals surface area contributed by atoms with Crippen molar-refractivity contribution in [1.82, 2.24) is 19.9 Å². The van der Waals surface area contributed by atoms with E-state index in [1.54, 1.807) is 6.33 Å². The van der Waals surface area contributed by atoms with Crippen LogP contribution in [0.25, 0.3) is 21.8 Å². The first-order chi connectivity index (χ1) is 14.4. The van der Waals surface area contributed by atoms with E-state index in [1.165, 1.54) is 10.9 Å². The van der Waals surface area contributed by atoms with Crippen LogP contribution in [0.5, 0.6) is 5.88 Å². The molecule has 146 valence electrons. The molecule has 1 saturated heterocycles. The van der Waals surface area contributed by atoms with Gasteiger partial charge in [0.05, 0.1) is 23.0 Å². The molecule has 1 aliphatic heterocycles. The van der Waals surface area contributed by atoms with Crippen LogP contribution in [-0.4, -0.2) is 52.3 Å². The second-order valence-corrected chi connectivity index (χ2v) is 7.22. The molecule has 1 fully saturated rings. The van der Waals surface area contributed by atoms with Crippen LogP contribution in [0.4, 0.5) is 0 Å². The van der Waals surface area contributed by atoms with E-state index in [1.807, 2.05) is 36.5 Å². The molecule has 1 unspecified atom stereocenters. The fourth-order valence-electron chi connectivity index (χ4n) is 3.83. The second-order valence-electron chi connectivity index (χ2n) is 7.22. The van der Waals surface area contributed by atoms with Crippen LogP contribution in [0.3, 0.4) is 0 Å². The van der Waals surface area contributed by atoms with Gasteiger partial charge in [0.25, 0.3) is 0 Å². The lowest BCUT2D eigenvalue weighted by Crippen LogP contribution is -2.44. The Morgan fingerprint density at radius 2 is 1.72 bits per heavy atom. The Morgan fingerprint density at radius 3 is 2.62 bits per heavy atom. The van der Waals surface area contributed by atoms with Gasteiger partial charge in [-0.05, 0) is 29.8 Å². The van der Waals surface area contributed by atoms with Gasteiger partial charge in [-0.15, -0.1) is 0 Å². The minimum absolute atomic E-state index is 0.00517. The number of hydrogen-bond donors (Lipinski definition) is 0. The number of benzene rings is 2. The maximum Gasteiger partial charge on any atom is 0.224 e. The quantitative estimate of drug-likeness (QED) is 0.524. The first-order valence-electron chi connectivity index (χ1n) is 9.86. The topological polar surface area (TPSA) is 60.4 Å². The number of morpholine rings is 1. The molecule has 4 aromatic rings. The second kappa shape index (κ2) is 8.11. The van der Waals surface area contributed by atoms with Gasteiger partial charge in [0.1, 0.15) is 19.0 Å². The van der Waals surface area contributed by atoms with Crippen molar-refractivity contribution in [3.05, 3.63) is 72.7 Å². The number of para-hydroxylation sites is 2. The molecular formula is C23H22N4O2. The number of fused-ring (bicyclic) bond motifs is 2. The molecule has 6 nitrogen and oxygen atoms in total. The van der Waals surface area contributed by atoms with Crippen molar-refractivity contribution in [2.24, 2.45) is 0 Å². The van der Waals surface area contributed by atoms with Crippen LogP contribution >= 0.6 is 0 Å².